The predicted molar refractivity (Wildman–Crippen MR) is 80.2 cm³/mol. The molecule has 0 bridgehead atoms. The van der Waals surface area contributed by atoms with Crippen LogP contribution in [0.1, 0.15) is 53.0 Å². The average Bonchev–Trinajstić information content (AvgIpc) is 2.38. The fraction of sp³-hybridized carbons (Fsp3) is 0.625. The zero-order valence-electron chi connectivity index (χ0n) is 12.7. The van der Waals surface area contributed by atoms with Crippen LogP contribution in [0.15, 0.2) is 24.3 Å². The number of hydrogen-bond donors (Lipinski definition) is 1. The summed E-state index contributed by atoms with van der Waals surface area (Å²) in [5.41, 5.74) is 7.24. The maximum atomic E-state index is 5.94. The van der Waals surface area contributed by atoms with Crippen LogP contribution in [0.5, 0.6) is 5.75 Å². The molecule has 104 valence electrons. The Morgan fingerprint density at radius 3 is 2.22 bits per heavy atom. The van der Waals surface area contributed by atoms with Crippen molar-refractivity contribution in [2.75, 3.05) is 6.61 Å². The molecule has 0 saturated carbocycles. The Balaban J connectivity index is 0.00000137. The summed E-state index contributed by atoms with van der Waals surface area (Å²) < 4.78 is 5.69. The van der Waals surface area contributed by atoms with E-state index in [1.54, 1.807) is 0 Å². The number of nitrogens with two attached hydrogens (primary N) is 1. The topological polar surface area (TPSA) is 35.2 Å². The Morgan fingerprint density at radius 2 is 1.72 bits per heavy atom. The van der Waals surface area contributed by atoms with Crippen molar-refractivity contribution in [2.45, 2.75) is 53.5 Å². The van der Waals surface area contributed by atoms with Crippen LogP contribution in [0.2, 0.25) is 0 Å². The smallest absolute Gasteiger partial charge is 0.119 e. The Morgan fingerprint density at radius 1 is 1.11 bits per heavy atom. The maximum Gasteiger partial charge on any atom is 0.119 e. The van der Waals surface area contributed by atoms with Crippen molar-refractivity contribution in [1.29, 1.82) is 0 Å². The van der Waals surface area contributed by atoms with E-state index in [4.69, 9.17) is 10.5 Å². The van der Waals surface area contributed by atoms with Crippen LogP contribution in [0, 0.1) is 5.92 Å². The summed E-state index contributed by atoms with van der Waals surface area (Å²) in [4.78, 5) is 0. The molecule has 0 fully saturated rings. The first-order valence-corrected chi connectivity index (χ1v) is 6.99. The van der Waals surface area contributed by atoms with Gasteiger partial charge in [-0.15, -0.1) is 0 Å². The van der Waals surface area contributed by atoms with Gasteiger partial charge in [-0.2, -0.15) is 0 Å². The maximum absolute atomic E-state index is 5.94. The first kappa shape index (κ1) is 17.0. The van der Waals surface area contributed by atoms with Gasteiger partial charge in [0.05, 0.1) is 0 Å². The molecular weight excluding hydrogens is 222 g/mol. The lowest BCUT2D eigenvalue weighted by atomic mass is 10.0. The molecule has 1 rings (SSSR count). The molecule has 1 aromatic rings. The number of rotatable bonds is 5. The third-order valence-corrected chi connectivity index (χ3v) is 2.82. The van der Waals surface area contributed by atoms with Crippen LogP contribution in [-0.4, -0.2) is 12.6 Å². The molecule has 18 heavy (non-hydrogen) atoms. The number of ether oxygens (including phenoxy) is 1. The van der Waals surface area contributed by atoms with E-state index in [2.05, 4.69) is 39.8 Å². The molecule has 1 aromatic carbocycles. The second-order valence-corrected chi connectivity index (χ2v) is 4.95. The van der Waals surface area contributed by atoms with Crippen molar-refractivity contribution in [3.05, 3.63) is 29.8 Å². The van der Waals surface area contributed by atoms with Gasteiger partial charge in [0.1, 0.15) is 12.4 Å². The van der Waals surface area contributed by atoms with Gasteiger partial charge in [-0.1, -0.05) is 53.7 Å². The van der Waals surface area contributed by atoms with Gasteiger partial charge in [-0.25, -0.2) is 0 Å². The van der Waals surface area contributed by atoms with E-state index in [9.17, 15) is 0 Å². The fourth-order valence-corrected chi connectivity index (χ4v) is 1.35. The van der Waals surface area contributed by atoms with Gasteiger partial charge >= 0.3 is 0 Å². The lowest BCUT2D eigenvalue weighted by molar-refractivity contribution is 0.259. The van der Waals surface area contributed by atoms with E-state index in [-0.39, 0.29) is 6.04 Å². The molecule has 0 amide bonds. The number of hydrogen-bond acceptors (Lipinski definition) is 2. The molecule has 0 aliphatic heterocycles. The van der Waals surface area contributed by atoms with Crippen molar-refractivity contribution in [2.24, 2.45) is 11.7 Å². The summed E-state index contributed by atoms with van der Waals surface area (Å²) in [5.74, 6) is 1.90. The minimum absolute atomic E-state index is 0.0997. The Hall–Kier alpha value is -1.02. The van der Waals surface area contributed by atoms with Gasteiger partial charge in [-0.3, -0.25) is 0 Å². The molecule has 2 N–H and O–H groups in total. The number of benzene rings is 1. The molecule has 0 heterocycles. The molecule has 0 saturated heterocycles. The van der Waals surface area contributed by atoms with Crippen molar-refractivity contribution in [3.8, 4) is 5.75 Å². The van der Waals surface area contributed by atoms with E-state index in [1.807, 2.05) is 26.0 Å². The van der Waals surface area contributed by atoms with Gasteiger partial charge in [0, 0.05) is 6.04 Å². The van der Waals surface area contributed by atoms with Gasteiger partial charge in [0.25, 0.3) is 0 Å². The first-order valence-electron chi connectivity index (χ1n) is 6.99. The Kier molecular flexibility index (Phi) is 8.47. The van der Waals surface area contributed by atoms with Crippen molar-refractivity contribution < 1.29 is 4.74 Å². The largest absolute Gasteiger partial charge is 0.492 e. The highest BCUT2D eigenvalue weighted by Crippen LogP contribution is 2.20. The van der Waals surface area contributed by atoms with E-state index in [0.29, 0.717) is 18.4 Å². The second kappa shape index (κ2) is 8.98. The monoisotopic (exact) mass is 251 g/mol. The molecule has 0 aliphatic rings. The molecule has 0 radical (unpaired) electrons. The minimum Gasteiger partial charge on any atom is -0.492 e. The van der Waals surface area contributed by atoms with Gasteiger partial charge in [0.15, 0.2) is 0 Å². The molecule has 2 heteroatoms. The third-order valence-electron chi connectivity index (χ3n) is 2.82. The van der Waals surface area contributed by atoms with Gasteiger partial charge < -0.3 is 10.5 Å². The van der Waals surface area contributed by atoms with Crippen LogP contribution in [0.4, 0.5) is 0 Å². The predicted octanol–water partition coefficient (Wildman–Crippen LogP) is 4.20. The van der Waals surface area contributed by atoms with Crippen LogP contribution < -0.4 is 10.5 Å². The zero-order valence-corrected chi connectivity index (χ0v) is 12.7. The third kappa shape index (κ3) is 6.06. The molecule has 0 aromatic heterocycles. The standard InChI is InChI=1S/C14H23NO.C2H6/c1-10(2)12-6-5-7-13(8-12)16-9-14(15)11(3)4;1-2/h5-8,10-11,14H,9,15H2,1-4H3;1-2H3. The normalized spacial score (nSPS) is 12.1. The molecule has 1 unspecified atom stereocenters. The summed E-state index contributed by atoms with van der Waals surface area (Å²) in [6, 6.07) is 8.34. The van der Waals surface area contributed by atoms with E-state index < -0.39 is 0 Å². The Labute approximate surface area is 113 Å². The lowest BCUT2D eigenvalue weighted by Gasteiger charge is -2.17. The molecule has 0 spiro atoms. The van der Waals surface area contributed by atoms with Gasteiger partial charge in [0.2, 0.25) is 0 Å². The van der Waals surface area contributed by atoms with Crippen LogP contribution in [0.3, 0.4) is 0 Å². The molecule has 2 nitrogen and oxygen atoms in total. The first-order chi connectivity index (χ1) is 8.50. The summed E-state index contributed by atoms with van der Waals surface area (Å²) in [7, 11) is 0. The van der Waals surface area contributed by atoms with Crippen LogP contribution in [0.25, 0.3) is 0 Å². The highest BCUT2D eigenvalue weighted by atomic mass is 16.5. The quantitative estimate of drug-likeness (QED) is 0.851. The van der Waals surface area contributed by atoms with E-state index in [1.165, 1.54) is 5.56 Å². The molecule has 1 atom stereocenters. The zero-order chi connectivity index (χ0) is 14.1. The van der Waals surface area contributed by atoms with Crippen LogP contribution >= 0.6 is 0 Å². The highest BCUT2D eigenvalue weighted by molar-refractivity contribution is 5.30. The van der Waals surface area contributed by atoms with Crippen molar-refractivity contribution in [3.63, 3.8) is 0 Å². The van der Waals surface area contributed by atoms with E-state index >= 15 is 0 Å². The summed E-state index contributed by atoms with van der Waals surface area (Å²) in [5, 5.41) is 0. The fourth-order valence-electron chi connectivity index (χ4n) is 1.35. The summed E-state index contributed by atoms with van der Waals surface area (Å²) in [6.45, 7) is 13.2. The molecular formula is C16H29NO. The summed E-state index contributed by atoms with van der Waals surface area (Å²) >= 11 is 0. The SMILES string of the molecule is CC.CC(C)c1cccc(OCC(N)C(C)C)c1. The average molecular weight is 251 g/mol. The lowest BCUT2D eigenvalue weighted by Crippen LogP contribution is -2.33. The summed E-state index contributed by atoms with van der Waals surface area (Å²) in [6.07, 6.45) is 0. The van der Waals surface area contributed by atoms with Crippen molar-refractivity contribution >= 4 is 0 Å². The second-order valence-electron chi connectivity index (χ2n) is 4.95. The van der Waals surface area contributed by atoms with Crippen molar-refractivity contribution in [1.82, 2.24) is 0 Å². The van der Waals surface area contributed by atoms with Crippen LogP contribution in [-0.2, 0) is 0 Å². The molecule has 0 aliphatic carbocycles. The van der Waals surface area contributed by atoms with Gasteiger partial charge in [-0.05, 0) is 29.5 Å². The highest BCUT2D eigenvalue weighted by Gasteiger charge is 2.08. The van der Waals surface area contributed by atoms with E-state index in [0.717, 1.165) is 5.75 Å². The minimum atomic E-state index is 0.0997. The Bertz CT molecular complexity index is 321.